The van der Waals surface area contributed by atoms with Crippen LogP contribution in [0, 0.1) is 11.3 Å². The van der Waals surface area contributed by atoms with E-state index in [4.69, 9.17) is 10.00 Å². The van der Waals surface area contributed by atoms with Crippen molar-refractivity contribution in [2.75, 3.05) is 11.5 Å². The van der Waals surface area contributed by atoms with E-state index in [2.05, 4.69) is 15.9 Å². The molecule has 0 atom stereocenters. The molecule has 2 amide bonds. The molecule has 0 aliphatic carbocycles. The van der Waals surface area contributed by atoms with Gasteiger partial charge in [-0.1, -0.05) is 24.3 Å². The van der Waals surface area contributed by atoms with Crippen LogP contribution in [0.25, 0.3) is 6.08 Å². The minimum atomic E-state index is -0.345. The van der Waals surface area contributed by atoms with Gasteiger partial charge in [-0.2, -0.15) is 5.26 Å². The summed E-state index contributed by atoms with van der Waals surface area (Å²) in [7, 11) is 0. The Morgan fingerprint density at radius 1 is 1.20 bits per heavy atom. The van der Waals surface area contributed by atoms with Gasteiger partial charge in [-0.15, -0.1) is 0 Å². The highest BCUT2D eigenvalue weighted by molar-refractivity contribution is 9.10. The fourth-order valence-corrected chi connectivity index (χ4v) is 3.61. The molecule has 0 spiro atoms. The zero-order valence-corrected chi connectivity index (χ0v) is 15.2. The van der Waals surface area contributed by atoms with Gasteiger partial charge in [-0.25, -0.2) is 4.90 Å². The number of carbonyl (C=O) groups is 2. The summed E-state index contributed by atoms with van der Waals surface area (Å²) in [6, 6.07) is 15.9. The largest absolute Gasteiger partial charge is 0.478 e. The van der Waals surface area contributed by atoms with Crippen LogP contribution in [-0.2, 0) is 4.79 Å². The molecule has 0 saturated carbocycles. The first kappa shape index (κ1) is 17.3. The monoisotopic (exact) mass is 414 g/mol. The van der Waals surface area contributed by atoms with Crippen molar-refractivity contribution < 1.29 is 14.3 Å². The summed E-state index contributed by atoms with van der Waals surface area (Å²) in [5.41, 5.74) is 1.30. The maximum absolute atomic E-state index is 12.6. The molecule has 1 heterocycles. The first-order valence-corrected chi connectivity index (χ1v) is 8.83. The van der Waals surface area contributed by atoms with E-state index in [1.807, 2.05) is 12.1 Å². The topological polar surface area (TPSA) is 70.4 Å². The zero-order chi connectivity index (χ0) is 17.8. The van der Waals surface area contributed by atoms with Crippen LogP contribution in [0.3, 0.4) is 0 Å². The van der Waals surface area contributed by atoms with Gasteiger partial charge in [0.05, 0.1) is 15.1 Å². The second-order valence-electron chi connectivity index (χ2n) is 4.99. The van der Waals surface area contributed by atoms with Crippen molar-refractivity contribution in [1.29, 1.82) is 5.26 Å². The maximum Gasteiger partial charge on any atom is 0.298 e. The molecule has 7 heteroatoms. The van der Waals surface area contributed by atoms with Crippen molar-refractivity contribution in [3.8, 4) is 11.8 Å². The lowest BCUT2D eigenvalue weighted by atomic mass is 10.2. The number of hydrogen-bond donors (Lipinski definition) is 0. The fraction of sp³-hybridized carbons (Fsp3) is 0.0556. The van der Waals surface area contributed by atoms with Gasteiger partial charge in [0.2, 0.25) is 0 Å². The van der Waals surface area contributed by atoms with E-state index in [1.165, 1.54) is 0 Å². The van der Waals surface area contributed by atoms with Crippen LogP contribution in [0.2, 0.25) is 0 Å². The summed E-state index contributed by atoms with van der Waals surface area (Å²) in [5, 5.41) is 8.24. The molecule has 0 unspecified atom stereocenters. The van der Waals surface area contributed by atoms with Crippen molar-refractivity contribution in [2.24, 2.45) is 0 Å². The smallest absolute Gasteiger partial charge is 0.298 e. The summed E-state index contributed by atoms with van der Waals surface area (Å²) in [4.78, 5) is 26.3. The average Bonchev–Trinajstić information content (AvgIpc) is 2.88. The normalized spacial score (nSPS) is 15.5. The second-order valence-corrected chi connectivity index (χ2v) is 6.84. The molecular formula is C18H11BrN2O3S. The number of thioether (sulfide) groups is 1. The first-order chi connectivity index (χ1) is 12.1. The number of nitrogens with zero attached hydrogens (tertiary/aromatic N) is 2. The standard InChI is InChI=1S/C18H11BrN2O3S/c19-14-10-12(6-7-15(14)24-9-8-20)11-16-17(22)21(18(23)25-16)13-4-2-1-3-5-13/h1-7,10-11H,9H2/b16-11-. The minimum absolute atomic E-state index is 0.0477. The first-order valence-electron chi connectivity index (χ1n) is 7.22. The zero-order valence-electron chi connectivity index (χ0n) is 12.8. The van der Waals surface area contributed by atoms with Gasteiger partial charge in [0.15, 0.2) is 6.61 Å². The van der Waals surface area contributed by atoms with E-state index >= 15 is 0 Å². The highest BCUT2D eigenvalue weighted by atomic mass is 79.9. The maximum atomic E-state index is 12.6. The molecule has 124 valence electrons. The summed E-state index contributed by atoms with van der Waals surface area (Å²) < 4.78 is 5.93. The van der Waals surface area contributed by atoms with E-state index in [0.29, 0.717) is 20.8 Å². The van der Waals surface area contributed by atoms with Crippen LogP contribution >= 0.6 is 27.7 Å². The van der Waals surface area contributed by atoms with Crippen LogP contribution in [-0.4, -0.2) is 17.8 Å². The Labute approximate surface area is 157 Å². The predicted octanol–water partition coefficient (Wildman–Crippen LogP) is 4.59. The molecule has 2 aromatic rings. The molecule has 1 aliphatic heterocycles. The van der Waals surface area contributed by atoms with Crippen molar-refractivity contribution in [3.63, 3.8) is 0 Å². The molecule has 3 rings (SSSR count). The number of benzene rings is 2. The van der Waals surface area contributed by atoms with Gasteiger partial charge in [0.25, 0.3) is 11.1 Å². The third kappa shape index (κ3) is 3.76. The van der Waals surface area contributed by atoms with Crippen molar-refractivity contribution in [3.05, 3.63) is 63.5 Å². The van der Waals surface area contributed by atoms with Crippen LogP contribution in [0.5, 0.6) is 5.75 Å². The van der Waals surface area contributed by atoms with Gasteiger partial charge in [0, 0.05) is 0 Å². The van der Waals surface area contributed by atoms with Crippen LogP contribution < -0.4 is 9.64 Å². The number of para-hydroxylation sites is 1. The van der Waals surface area contributed by atoms with Gasteiger partial charge in [-0.3, -0.25) is 9.59 Å². The Bertz CT molecular complexity index is 906. The van der Waals surface area contributed by atoms with Crippen molar-refractivity contribution >= 4 is 50.6 Å². The second kappa shape index (κ2) is 7.55. The molecule has 5 nitrogen and oxygen atoms in total. The molecule has 0 aromatic heterocycles. The Morgan fingerprint density at radius 2 is 1.96 bits per heavy atom. The lowest BCUT2D eigenvalue weighted by Gasteiger charge is -2.11. The van der Waals surface area contributed by atoms with Gasteiger partial charge in [-0.05, 0) is 63.6 Å². The Hall–Kier alpha value is -2.56. The number of amides is 2. The van der Waals surface area contributed by atoms with E-state index in [1.54, 1.807) is 48.5 Å². The summed E-state index contributed by atoms with van der Waals surface area (Å²) in [5.74, 6) is 0.193. The minimum Gasteiger partial charge on any atom is -0.478 e. The van der Waals surface area contributed by atoms with Crippen molar-refractivity contribution in [2.45, 2.75) is 0 Å². The lowest BCUT2D eigenvalue weighted by Crippen LogP contribution is -2.27. The molecule has 0 N–H and O–H groups in total. The van der Waals surface area contributed by atoms with E-state index in [-0.39, 0.29) is 17.8 Å². The quantitative estimate of drug-likeness (QED) is 0.683. The number of nitriles is 1. The predicted molar refractivity (Wildman–Crippen MR) is 100 cm³/mol. The number of imide groups is 1. The summed E-state index contributed by atoms with van der Waals surface area (Å²) in [6.45, 7) is -0.0477. The molecular weight excluding hydrogens is 404 g/mol. The number of carbonyl (C=O) groups excluding carboxylic acids is 2. The van der Waals surface area contributed by atoms with E-state index in [9.17, 15) is 9.59 Å². The number of ether oxygens (including phenoxy) is 1. The number of halogens is 1. The highest BCUT2D eigenvalue weighted by Gasteiger charge is 2.36. The van der Waals surface area contributed by atoms with Crippen molar-refractivity contribution in [1.82, 2.24) is 0 Å². The Morgan fingerprint density at radius 3 is 2.64 bits per heavy atom. The van der Waals surface area contributed by atoms with Crippen LogP contribution in [0.1, 0.15) is 5.56 Å². The molecule has 0 radical (unpaired) electrons. The molecule has 1 saturated heterocycles. The third-order valence-electron chi connectivity index (χ3n) is 3.35. The van der Waals surface area contributed by atoms with Gasteiger partial charge in [0.1, 0.15) is 11.8 Å². The highest BCUT2D eigenvalue weighted by Crippen LogP contribution is 2.36. The molecule has 0 bridgehead atoms. The third-order valence-corrected chi connectivity index (χ3v) is 4.84. The van der Waals surface area contributed by atoms with Crippen LogP contribution in [0.4, 0.5) is 10.5 Å². The number of anilines is 1. The molecule has 1 aliphatic rings. The van der Waals surface area contributed by atoms with E-state index in [0.717, 1.165) is 22.2 Å². The molecule has 2 aromatic carbocycles. The molecule has 1 fully saturated rings. The number of rotatable bonds is 4. The Kier molecular flexibility index (Phi) is 5.22. The SMILES string of the molecule is N#CCOc1ccc(/C=C2\SC(=O)N(c3ccccc3)C2=O)cc1Br. The Balaban J connectivity index is 1.85. The van der Waals surface area contributed by atoms with E-state index < -0.39 is 0 Å². The number of hydrogen-bond acceptors (Lipinski definition) is 5. The fourth-order valence-electron chi connectivity index (χ4n) is 2.25. The summed E-state index contributed by atoms with van der Waals surface area (Å²) in [6.07, 6.45) is 1.66. The van der Waals surface area contributed by atoms with Gasteiger partial charge < -0.3 is 4.74 Å². The molecule has 25 heavy (non-hydrogen) atoms. The summed E-state index contributed by atoms with van der Waals surface area (Å²) >= 11 is 4.27. The lowest BCUT2D eigenvalue weighted by molar-refractivity contribution is -0.113. The average molecular weight is 415 g/mol. The van der Waals surface area contributed by atoms with Gasteiger partial charge >= 0.3 is 0 Å². The van der Waals surface area contributed by atoms with Crippen LogP contribution in [0.15, 0.2) is 57.9 Å².